The van der Waals surface area contributed by atoms with Gasteiger partial charge < -0.3 is 0 Å². The second-order valence-corrected chi connectivity index (χ2v) is 5.14. The quantitative estimate of drug-likeness (QED) is 0.702. The molecule has 0 fully saturated rings. The van der Waals surface area contributed by atoms with Gasteiger partial charge in [-0.25, -0.2) is 0 Å². The molecule has 3 rings (SSSR count). The van der Waals surface area contributed by atoms with E-state index >= 15 is 0 Å². The SMILES string of the molecule is Clc1ccccc1Cn1nccc1Cc1ccccc1. The molecule has 0 amide bonds. The molecule has 100 valence electrons. The van der Waals surface area contributed by atoms with Gasteiger partial charge in [-0.2, -0.15) is 5.10 Å². The fourth-order valence-electron chi connectivity index (χ4n) is 2.25. The Kier molecular flexibility index (Phi) is 3.84. The summed E-state index contributed by atoms with van der Waals surface area (Å²) in [7, 11) is 0. The second kappa shape index (κ2) is 5.93. The summed E-state index contributed by atoms with van der Waals surface area (Å²) < 4.78 is 2.01. The molecule has 0 unspecified atom stereocenters. The number of rotatable bonds is 4. The maximum absolute atomic E-state index is 6.21. The van der Waals surface area contributed by atoms with Crippen LogP contribution in [0.1, 0.15) is 16.8 Å². The molecule has 0 aliphatic carbocycles. The van der Waals surface area contributed by atoms with E-state index in [1.54, 1.807) is 0 Å². The van der Waals surface area contributed by atoms with Gasteiger partial charge in [-0.05, 0) is 23.3 Å². The van der Waals surface area contributed by atoms with Crippen LogP contribution in [0.25, 0.3) is 0 Å². The lowest BCUT2D eigenvalue weighted by molar-refractivity contribution is 0.654. The zero-order chi connectivity index (χ0) is 13.8. The van der Waals surface area contributed by atoms with Crippen LogP contribution < -0.4 is 0 Å². The molecule has 0 aliphatic heterocycles. The van der Waals surface area contributed by atoms with Crippen molar-refractivity contribution in [3.63, 3.8) is 0 Å². The summed E-state index contributed by atoms with van der Waals surface area (Å²) in [5.74, 6) is 0. The summed E-state index contributed by atoms with van der Waals surface area (Å²) in [4.78, 5) is 0. The van der Waals surface area contributed by atoms with E-state index in [4.69, 9.17) is 11.6 Å². The third-order valence-electron chi connectivity index (χ3n) is 3.31. The third-order valence-corrected chi connectivity index (χ3v) is 3.68. The molecular formula is C17H15ClN2. The van der Waals surface area contributed by atoms with E-state index in [0.29, 0.717) is 6.54 Å². The van der Waals surface area contributed by atoms with Crippen LogP contribution in [-0.4, -0.2) is 9.78 Å². The molecule has 3 heteroatoms. The van der Waals surface area contributed by atoms with Crippen LogP contribution in [0, 0.1) is 0 Å². The van der Waals surface area contributed by atoms with Crippen molar-refractivity contribution in [2.75, 3.05) is 0 Å². The minimum absolute atomic E-state index is 0.703. The van der Waals surface area contributed by atoms with Crippen molar-refractivity contribution in [3.05, 3.63) is 88.7 Å². The molecular weight excluding hydrogens is 268 g/mol. The Balaban J connectivity index is 1.82. The van der Waals surface area contributed by atoms with Gasteiger partial charge in [0, 0.05) is 23.3 Å². The van der Waals surface area contributed by atoms with Gasteiger partial charge in [-0.1, -0.05) is 60.1 Å². The van der Waals surface area contributed by atoms with Crippen LogP contribution in [0.15, 0.2) is 66.9 Å². The number of benzene rings is 2. The van der Waals surface area contributed by atoms with Gasteiger partial charge in [0.1, 0.15) is 0 Å². The van der Waals surface area contributed by atoms with Crippen molar-refractivity contribution >= 4 is 11.6 Å². The minimum Gasteiger partial charge on any atom is -0.265 e. The fourth-order valence-corrected chi connectivity index (χ4v) is 2.44. The summed E-state index contributed by atoms with van der Waals surface area (Å²) in [5, 5.41) is 5.19. The highest BCUT2D eigenvalue weighted by molar-refractivity contribution is 6.31. The highest BCUT2D eigenvalue weighted by Gasteiger charge is 2.06. The Morgan fingerprint density at radius 3 is 2.45 bits per heavy atom. The van der Waals surface area contributed by atoms with E-state index in [2.05, 4.69) is 35.4 Å². The number of hydrogen-bond donors (Lipinski definition) is 0. The molecule has 0 bridgehead atoms. The monoisotopic (exact) mass is 282 g/mol. The first-order valence-corrected chi connectivity index (χ1v) is 6.99. The highest BCUT2D eigenvalue weighted by atomic mass is 35.5. The zero-order valence-electron chi connectivity index (χ0n) is 11.0. The van der Waals surface area contributed by atoms with E-state index in [0.717, 1.165) is 17.0 Å². The van der Waals surface area contributed by atoms with Crippen molar-refractivity contribution in [2.24, 2.45) is 0 Å². The average Bonchev–Trinajstić information content (AvgIpc) is 2.90. The minimum atomic E-state index is 0.703. The summed E-state index contributed by atoms with van der Waals surface area (Å²) in [5.41, 5.74) is 3.57. The maximum Gasteiger partial charge on any atom is 0.0677 e. The first-order chi connectivity index (χ1) is 9.83. The van der Waals surface area contributed by atoms with Crippen LogP contribution in [-0.2, 0) is 13.0 Å². The van der Waals surface area contributed by atoms with Crippen molar-refractivity contribution in [1.82, 2.24) is 9.78 Å². The molecule has 3 aromatic rings. The predicted octanol–water partition coefficient (Wildman–Crippen LogP) is 4.18. The maximum atomic E-state index is 6.21. The fraction of sp³-hybridized carbons (Fsp3) is 0.118. The van der Waals surface area contributed by atoms with E-state index in [1.165, 1.54) is 11.3 Å². The molecule has 1 heterocycles. The van der Waals surface area contributed by atoms with E-state index < -0.39 is 0 Å². The van der Waals surface area contributed by atoms with Gasteiger partial charge in [-0.3, -0.25) is 4.68 Å². The lowest BCUT2D eigenvalue weighted by Crippen LogP contribution is -2.07. The molecule has 2 aromatic carbocycles. The first kappa shape index (κ1) is 12.9. The van der Waals surface area contributed by atoms with Gasteiger partial charge >= 0.3 is 0 Å². The molecule has 20 heavy (non-hydrogen) atoms. The molecule has 2 nitrogen and oxygen atoms in total. The smallest absolute Gasteiger partial charge is 0.0677 e. The summed E-state index contributed by atoms with van der Waals surface area (Å²) in [6.07, 6.45) is 2.72. The van der Waals surface area contributed by atoms with E-state index in [1.807, 2.05) is 41.2 Å². The molecule has 0 saturated heterocycles. The number of aromatic nitrogens is 2. The Morgan fingerprint density at radius 1 is 0.900 bits per heavy atom. The van der Waals surface area contributed by atoms with Crippen LogP contribution in [0.5, 0.6) is 0 Å². The number of hydrogen-bond acceptors (Lipinski definition) is 1. The van der Waals surface area contributed by atoms with E-state index in [-0.39, 0.29) is 0 Å². The summed E-state index contributed by atoms with van der Waals surface area (Å²) >= 11 is 6.21. The predicted molar refractivity (Wildman–Crippen MR) is 82.0 cm³/mol. The van der Waals surface area contributed by atoms with Crippen LogP contribution in [0.2, 0.25) is 5.02 Å². The lowest BCUT2D eigenvalue weighted by atomic mass is 10.1. The zero-order valence-corrected chi connectivity index (χ0v) is 11.8. The van der Waals surface area contributed by atoms with Gasteiger partial charge in [0.25, 0.3) is 0 Å². The molecule has 0 saturated carbocycles. The average molecular weight is 283 g/mol. The second-order valence-electron chi connectivity index (χ2n) is 4.73. The van der Waals surface area contributed by atoms with Gasteiger partial charge in [0.05, 0.1) is 6.54 Å². The van der Waals surface area contributed by atoms with Crippen molar-refractivity contribution in [1.29, 1.82) is 0 Å². The summed E-state index contributed by atoms with van der Waals surface area (Å²) in [6, 6.07) is 20.4. The van der Waals surface area contributed by atoms with Gasteiger partial charge in [0.15, 0.2) is 0 Å². The first-order valence-electron chi connectivity index (χ1n) is 6.61. The Bertz CT molecular complexity index is 689. The summed E-state index contributed by atoms with van der Waals surface area (Å²) in [6.45, 7) is 0.703. The molecule has 0 spiro atoms. The molecule has 1 aromatic heterocycles. The lowest BCUT2D eigenvalue weighted by Gasteiger charge is -2.09. The van der Waals surface area contributed by atoms with Crippen LogP contribution >= 0.6 is 11.6 Å². The van der Waals surface area contributed by atoms with Gasteiger partial charge in [-0.15, -0.1) is 0 Å². The standard InChI is InChI=1S/C17H15ClN2/c18-17-9-5-4-8-15(17)13-20-16(10-11-19-20)12-14-6-2-1-3-7-14/h1-11H,12-13H2. The van der Waals surface area contributed by atoms with Crippen molar-refractivity contribution < 1.29 is 0 Å². The normalized spacial score (nSPS) is 10.7. The van der Waals surface area contributed by atoms with Crippen LogP contribution in [0.4, 0.5) is 0 Å². The largest absolute Gasteiger partial charge is 0.265 e. The highest BCUT2D eigenvalue weighted by Crippen LogP contribution is 2.17. The number of halogens is 1. The molecule has 0 aliphatic rings. The molecule has 0 atom stereocenters. The number of nitrogens with zero attached hydrogens (tertiary/aromatic N) is 2. The molecule has 0 N–H and O–H groups in total. The Morgan fingerprint density at radius 2 is 1.65 bits per heavy atom. The van der Waals surface area contributed by atoms with Crippen molar-refractivity contribution in [2.45, 2.75) is 13.0 Å². The topological polar surface area (TPSA) is 17.8 Å². The molecule has 0 radical (unpaired) electrons. The van der Waals surface area contributed by atoms with Gasteiger partial charge in [0.2, 0.25) is 0 Å². The van der Waals surface area contributed by atoms with Crippen LogP contribution in [0.3, 0.4) is 0 Å². The Hall–Kier alpha value is -2.06. The van der Waals surface area contributed by atoms with Crippen molar-refractivity contribution in [3.8, 4) is 0 Å². The van der Waals surface area contributed by atoms with E-state index in [9.17, 15) is 0 Å². The Labute approximate surface area is 123 Å². The third kappa shape index (κ3) is 2.91.